The maximum atomic E-state index is 14.4. The largest absolute Gasteiger partial charge is 0.465 e. The molecular weight excluding hydrogens is 446 g/mol. The van der Waals surface area contributed by atoms with E-state index >= 15 is 0 Å². The third-order valence-corrected chi connectivity index (χ3v) is 9.19. The molecule has 0 radical (unpaired) electrons. The van der Waals surface area contributed by atoms with E-state index in [0.29, 0.717) is 12.8 Å². The summed E-state index contributed by atoms with van der Waals surface area (Å²) in [7, 11) is -5.56. The van der Waals surface area contributed by atoms with Crippen LogP contribution in [-0.4, -0.2) is 67.6 Å². The van der Waals surface area contributed by atoms with Gasteiger partial charge in [0.1, 0.15) is 11.5 Å². The fraction of sp³-hybridized carbons (Fsp3) is 0.895. The summed E-state index contributed by atoms with van der Waals surface area (Å²) in [6.07, 6.45) is -1.27. The molecule has 0 aromatic carbocycles. The number of nitrogens with zero attached hydrogens (tertiary/aromatic N) is 1. The molecule has 178 valence electrons. The lowest BCUT2D eigenvalue weighted by atomic mass is 9.82. The lowest BCUT2D eigenvalue weighted by Gasteiger charge is -2.33. The highest BCUT2D eigenvalue weighted by atomic mass is 32.2. The summed E-state index contributed by atoms with van der Waals surface area (Å²) in [6, 6.07) is 0. The molecular formula is C19H27F4NO6S. The van der Waals surface area contributed by atoms with Crippen molar-refractivity contribution < 1.29 is 45.0 Å². The molecule has 6 unspecified atom stereocenters. The van der Waals surface area contributed by atoms with E-state index in [1.54, 1.807) is 0 Å². The van der Waals surface area contributed by atoms with Crippen molar-refractivity contribution in [3.8, 4) is 0 Å². The molecule has 3 fully saturated rings. The molecule has 7 nitrogen and oxygen atoms in total. The highest BCUT2D eigenvalue weighted by Gasteiger charge is 2.67. The van der Waals surface area contributed by atoms with Gasteiger partial charge in [-0.2, -0.15) is 17.6 Å². The molecule has 12 heteroatoms. The first-order valence-corrected chi connectivity index (χ1v) is 11.9. The van der Waals surface area contributed by atoms with Crippen LogP contribution in [0.15, 0.2) is 0 Å². The minimum Gasteiger partial charge on any atom is -0.465 e. The summed E-state index contributed by atoms with van der Waals surface area (Å²) in [5.74, 6) is -7.53. The van der Waals surface area contributed by atoms with E-state index in [0.717, 1.165) is 11.8 Å². The maximum Gasteiger partial charge on any atom is 0.408 e. The van der Waals surface area contributed by atoms with E-state index in [4.69, 9.17) is 9.47 Å². The van der Waals surface area contributed by atoms with Gasteiger partial charge in [-0.3, -0.25) is 14.5 Å². The van der Waals surface area contributed by atoms with Crippen LogP contribution in [0.5, 0.6) is 0 Å². The van der Waals surface area contributed by atoms with Gasteiger partial charge in [-0.25, -0.2) is 8.42 Å². The van der Waals surface area contributed by atoms with E-state index in [9.17, 15) is 35.6 Å². The Labute approximate surface area is 178 Å². The number of carbonyl (C=O) groups is 2. The molecule has 1 aliphatic heterocycles. The Kier molecular flexibility index (Phi) is 6.38. The van der Waals surface area contributed by atoms with Gasteiger partial charge >= 0.3 is 23.1 Å². The first kappa shape index (κ1) is 24.2. The zero-order chi connectivity index (χ0) is 23.4. The van der Waals surface area contributed by atoms with Crippen molar-refractivity contribution in [2.75, 3.05) is 19.7 Å². The number of carbonyl (C=O) groups excluding carboxylic acids is 2. The third kappa shape index (κ3) is 3.73. The zero-order valence-electron chi connectivity index (χ0n) is 17.5. The lowest BCUT2D eigenvalue weighted by molar-refractivity contribution is -0.176. The molecule has 2 aliphatic carbocycles. The number of ether oxygens (including phenoxy) is 2. The smallest absolute Gasteiger partial charge is 0.408 e. The Morgan fingerprint density at radius 2 is 1.84 bits per heavy atom. The van der Waals surface area contributed by atoms with Gasteiger partial charge in [0.05, 0.1) is 24.9 Å². The zero-order valence-corrected chi connectivity index (χ0v) is 18.3. The Bertz CT molecular complexity index is 831. The highest BCUT2D eigenvalue weighted by Crippen LogP contribution is 2.57. The van der Waals surface area contributed by atoms with Crippen LogP contribution in [0.3, 0.4) is 0 Å². The van der Waals surface area contributed by atoms with Gasteiger partial charge < -0.3 is 9.47 Å². The Morgan fingerprint density at radius 3 is 2.42 bits per heavy atom. The number of esters is 2. The topological polar surface area (TPSA) is 90.0 Å². The summed E-state index contributed by atoms with van der Waals surface area (Å²) in [6.45, 7) is 3.11. The van der Waals surface area contributed by atoms with E-state index in [2.05, 4.69) is 0 Å². The first-order valence-electron chi connectivity index (χ1n) is 10.4. The number of halogens is 4. The third-order valence-electron chi connectivity index (χ3n) is 6.98. The Hall–Kier alpha value is -1.43. The van der Waals surface area contributed by atoms with E-state index in [1.165, 1.54) is 13.8 Å². The van der Waals surface area contributed by atoms with E-state index in [-0.39, 0.29) is 36.8 Å². The molecule has 0 aromatic rings. The number of sulfone groups is 1. The summed E-state index contributed by atoms with van der Waals surface area (Å²) >= 11 is 0. The Morgan fingerprint density at radius 1 is 1.23 bits per heavy atom. The molecule has 3 rings (SSSR count). The van der Waals surface area contributed by atoms with Crippen LogP contribution in [0.4, 0.5) is 17.6 Å². The van der Waals surface area contributed by atoms with Gasteiger partial charge in [-0.15, -0.1) is 0 Å². The number of hydrogen-bond acceptors (Lipinski definition) is 7. The van der Waals surface area contributed by atoms with Crippen molar-refractivity contribution in [1.29, 1.82) is 0 Å². The molecule has 0 aromatic heterocycles. The minimum atomic E-state index is -5.56. The van der Waals surface area contributed by atoms with E-state index < -0.39 is 57.4 Å². The second-order valence-corrected chi connectivity index (χ2v) is 10.7. The highest BCUT2D eigenvalue weighted by molar-refractivity contribution is 7.93. The lowest BCUT2D eigenvalue weighted by Crippen LogP contribution is -2.54. The number of rotatable bonds is 10. The van der Waals surface area contributed by atoms with Crippen LogP contribution >= 0.6 is 0 Å². The molecule has 0 N–H and O–H groups in total. The second kappa shape index (κ2) is 8.17. The summed E-state index contributed by atoms with van der Waals surface area (Å²) < 4.78 is 91.9. The van der Waals surface area contributed by atoms with Crippen molar-refractivity contribution in [1.82, 2.24) is 4.90 Å². The second-order valence-electron chi connectivity index (χ2n) is 8.43. The molecule has 0 amide bonds. The predicted octanol–water partition coefficient (Wildman–Crippen LogP) is 2.45. The van der Waals surface area contributed by atoms with Crippen molar-refractivity contribution in [3.63, 3.8) is 0 Å². The molecule has 31 heavy (non-hydrogen) atoms. The van der Waals surface area contributed by atoms with Crippen LogP contribution in [-0.2, 0) is 28.9 Å². The summed E-state index contributed by atoms with van der Waals surface area (Å²) in [5.41, 5.74) is 0. The van der Waals surface area contributed by atoms with Crippen LogP contribution in [0.2, 0.25) is 0 Å². The summed E-state index contributed by atoms with van der Waals surface area (Å²) in [5, 5.41) is -7.15. The first-order chi connectivity index (χ1) is 14.3. The molecule has 1 saturated heterocycles. The minimum absolute atomic E-state index is 0.0896. The standard InChI is InChI=1S/C19H27F4NO6S/c1-4-24(5-2)10(3)31(27,28)19(22,23)18(20,21)6-7-29-17(26)14-11-8-12-13(9-11)16(25)30-15(12)14/h10-15H,4-9H2,1-3H3. The van der Waals surface area contributed by atoms with Crippen molar-refractivity contribution in [3.05, 3.63) is 0 Å². The van der Waals surface area contributed by atoms with Gasteiger partial charge in [0.15, 0.2) is 0 Å². The Balaban J connectivity index is 1.61. The molecule has 3 aliphatic rings. The SMILES string of the molecule is CCN(CC)C(C)S(=O)(=O)C(F)(F)C(F)(F)CCOC(=O)C1C2CC3C(=O)OC1C3C2. The fourth-order valence-electron chi connectivity index (χ4n) is 5.16. The van der Waals surface area contributed by atoms with Gasteiger partial charge in [-0.05, 0) is 38.8 Å². The van der Waals surface area contributed by atoms with Crippen LogP contribution in [0, 0.1) is 23.7 Å². The average Bonchev–Trinajstić information content (AvgIpc) is 3.31. The van der Waals surface area contributed by atoms with Gasteiger partial charge in [0, 0.05) is 5.92 Å². The van der Waals surface area contributed by atoms with Crippen LogP contribution in [0.1, 0.15) is 40.0 Å². The molecule has 6 atom stereocenters. The predicted molar refractivity (Wildman–Crippen MR) is 99.8 cm³/mol. The monoisotopic (exact) mass is 473 g/mol. The number of fused-ring (bicyclic) bond motifs is 1. The van der Waals surface area contributed by atoms with Crippen molar-refractivity contribution in [2.24, 2.45) is 23.7 Å². The van der Waals surface area contributed by atoms with Crippen molar-refractivity contribution in [2.45, 2.75) is 62.7 Å². The molecule has 1 heterocycles. The van der Waals surface area contributed by atoms with Crippen molar-refractivity contribution >= 4 is 21.8 Å². The fourth-order valence-corrected chi connectivity index (χ4v) is 6.80. The average molecular weight is 473 g/mol. The summed E-state index contributed by atoms with van der Waals surface area (Å²) in [4.78, 5) is 25.2. The van der Waals surface area contributed by atoms with Gasteiger partial charge in [0.25, 0.3) is 0 Å². The molecule has 0 spiro atoms. The quantitative estimate of drug-likeness (QED) is 0.356. The van der Waals surface area contributed by atoms with Gasteiger partial charge in [-0.1, -0.05) is 13.8 Å². The number of alkyl halides is 4. The maximum absolute atomic E-state index is 14.4. The van der Waals surface area contributed by atoms with Crippen LogP contribution < -0.4 is 0 Å². The normalized spacial score (nSPS) is 31.2. The number of hydrogen-bond donors (Lipinski definition) is 0. The van der Waals surface area contributed by atoms with E-state index in [1.807, 2.05) is 0 Å². The molecule has 2 saturated carbocycles. The molecule has 2 bridgehead atoms. The van der Waals surface area contributed by atoms with Gasteiger partial charge in [0.2, 0.25) is 9.84 Å². The van der Waals surface area contributed by atoms with Crippen LogP contribution in [0.25, 0.3) is 0 Å².